The highest BCUT2D eigenvalue weighted by Crippen LogP contribution is 2.33. The number of ether oxygens (including phenoxy) is 2. The fraction of sp³-hybridized carbons (Fsp3) is 0.500. The van der Waals surface area contributed by atoms with Crippen LogP contribution < -0.4 is 9.47 Å². The average molecular weight is 379 g/mol. The first kappa shape index (κ1) is 18.1. The number of unbranched alkanes of at least 4 members (excludes halogenated alkanes) is 3. The number of hydrogen-bond acceptors (Lipinski definition) is 2. The van der Waals surface area contributed by atoms with E-state index in [0.29, 0.717) is 5.92 Å². The Hall–Kier alpha value is -1.22. The maximum absolute atomic E-state index is 6.01. The predicted molar refractivity (Wildman–Crippen MR) is 102 cm³/mol. The van der Waals surface area contributed by atoms with E-state index >= 15 is 0 Å². The van der Waals surface area contributed by atoms with Gasteiger partial charge in [0.1, 0.15) is 11.5 Å². The highest BCUT2D eigenvalue weighted by Gasteiger charge is 2.08. The number of halogens is 1. The maximum atomic E-state index is 6.01. The summed E-state index contributed by atoms with van der Waals surface area (Å²) in [6.45, 7) is 5.83. The summed E-state index contributed by atoms with van der Waals surface area (Å²) in [6, 6.07) is 12.4. The van der Waals surface area contributed by atoms with Crippen molar-refractivity contribution in [1.82, 2.24) is 0 Å². The highest BCUT2D eigenvalue weighted by atomic mass is 79.9. The van der Waals surface area contributed by atoms with Crippen molar-refractivity contribution in [3.05, 3.63) is 36.4 Å². The van der Waals surface area contributed by atoms with Gasteiger partial charge in [0.15, 0.2) is 0 Å². The van der Waals surface area contributed by atoms with E-state index in [0.717, 1.165) is 47.2 Å². The highest BCUT2D eigenvalue weighted by molar-refractivity contribution is 9.09. The average Bonchev–Trinajstić information content (AvgIpc) is 2.56. The molecule has 0 aliphatic heterocycles. The number of rotatable bonds is 10. The largest absolute Gasteiger partial charge is 0.493 e. The van der Waals surface area contributed by atoms with Crippen LogP contribution in [-0.2, 0) is 0 Å². The molecule has 2 aromatic rings. The van der Waals surface area contributed by atoms with Crippen molar-refractivity contribution in [3.63, 3.8) is 0 Å². The Balaban J connectivity index is 2.02. The van der Waals surface area contributed by atoms with E-state index in [1.54, 1.807) is 0 Å². The summed E-state index contributed by atoms with van der Waals surface area (Å²) in [5, 5.41) is 3.36. The summed E-state index contributed by atoms with van der Waals surface area (Å²) < 4.78 is 12.0. The van der Waals surface area contributed by atoms with Crippen molar-refractivity contribution in [1.29, 1.82) is 0 Å². The zero-order valence-electron chi connectivity index (χ0n) is 14.2. The van der Waals surface area contributed by atoms with Gasteiger partial charge in [-0.15, -0.1) is 0 Å². The van der Waals surface area contributed by atoms with E-state index in [-0.39, 0.29) is 0 Å². The first-order valence-electron chi connectivity index (χ1n) is 8.55. The molecule has 2 aromatic carbocycles. The van der Waals surface area contributed by atoms with Gasteiger partial charge in [0.05, 0.1) is 13.2 Å². The second-order valence-electron chi connectivity index (χ2n) is 6.26. The Bertz CT molecular complexity index is 595. The predicted octanol–water partition coefficient (Wildman–Crippen LogP) is 6.21. The number of hydrogen-bond donors (Lipinski definition) is 0. The zero-order chi connectivity index (χ0) is 16.5. The lowest BCUT2D eigenvalue weighted by Crippen LogP contribution is -2.05. The van der Waals surface area contributed by atoms with Gasteiger partial charge in [0.25, 0.3) is 0 Å². The van der Waals surface area contributed by atoms with Crippen LogP contribution in [0.3, 0.4) is 0 Å². The lowest BCUT2D eigenvalue weighted by atomic mass is 10.1. The Kier molecular flexibility index (Phi) is 7.73. The molecule has 0 heterocycles. The van der Waals surface area contributed by atoms with Crippen molar-refractivity contribution in [3.8, 4) is 11.5 Å². The van der Waals surface area contributed by atoms with E-state index in [9.17, 15) is 0 Å². The summed E-state index contributed by atoms with van der Waals surface area (Å²) >= 11 is 3.47. The van der Waals surface area contributed by atoms with E-state index in [1.165, 1.54) is 19.3 Å². The van der Waals surface area contributed by atoms with Crippen molar-refractivity contribution >= 4 is 26.7 Å². The molecule has 0 aliphatic rings. The van der Waals surface area contributed by atoms with Gasteiger partial charge in [-0.1, -0.05) is 66.9 Å². The van der Waals surface area contributed by atoms with Crippen molar-refractivity contribution in [2.45, 2.75) is 39.5 Å². The molecule has 0 radical (unpaired) electrons. The van der Waals surface area contributed by atoms with Crippen LogP contribution in [0, 0.1) is 5.92 Å². The quantitative estimate of drug-likeness (QED) is 0.361. The smallest absolute Gasteiger partial charge is 0.127 e. The molecular formula is C20H27BrO2. The first-order chi connectivity index (χ1) is 11.2. The minimum absolute atomic E-state index is 0.518. The van der Waals surface area contributed by atoms with Gasteiger partial charge in [0.2, 0.25) is 0 Å². The standard InChI is InChI=1S/C20H27BrO2/c1-16(2)15-23-20-12-11-19(17-9-5-6-10-18(17)20)22-14-8-4-3-7-13-21/h5-6,9-12,16H,3-4,7-8,13-15H2,1-2H3. The van der Waals surface area contributed by atoms with E-state index in [4.69, 9.17) is 9.47 Å². The molecule has 0 atom stereocenters. The van der Waals surface area contributed by atoms with Crippen LogP contribution in [-0.4, -0.2) is 18.5 Å². The fourth-order valence-electron chi connectivity index (χ4n) is 2.48. The summed E-state index contributed by atoms with van der Waals surface area (Å²) in [7, 11) is 0. The van der Waals surface area contributed by atoms with Crippen LogP contribution in [0.1, 0.15) is 39.5 Å². The number of benzene rings is 2. The van der Waals surface area contributed by atoms with Crippen molar-refractivity contribution in [2.75, 3.05) is 18.5 Å². The van der Waals surface area contributed by atoms with Crippen LogP contribution in [0.15, 0.2) is 36.4 Å². The van der Waals surface area contributed by atoms with Gasteiger partial charge < -0.3 is 9.47 Å². The molecule has 0 amide bonds. The maximum Gasteiger partial charge on any atom is 0.127 e. The summed E-state index contributed by atoms with van der Waals surface area (Å²) in [4.78, 5) is 0. The summed E-state index contributed by atoms with van der Waals surface area (Å²) in [6.07, 6.45) is 4.83. The first-order valence-corrected chi connectivity index (χ1v) is 9.68. The summed E-state index contributed by atoms with van der Waals surface area (Å²) in [5.74, 6) is 2.42. The molecule has 0 aliphatic carbocycles. The third-order valence-corrected chi connectivity index (χ3v) is 4.26. The molecule has 2 nitrogen and oxygen atoms in total. The number of fused-ring (bicyclic) bond motifs is 1. The Labute approximate surface area is 148 Å². The third-order valence-electron chi connectivity index (χ3n) is 3.70. The second-order valence-corrected chi connectivity index (χ2v) is 7.06. The molecular weight excluding hydrogens is 352 g/mol. The molecule has 126 valence electrons. The molecule has 0 aromatic heterocycles. The van der Waals surface area contributed by atoms with Crippen LogP contribution in [0.2, 0.25) is 0 Å². The second kappa shape index (κ2) is 9.82. The Morgan fingerprint density at radius 1 is 0.826 bits per heavy atom. The van der Waals surface area contributed by atoms with Gasteiger partial charge in [-0.25, -0.2) is 0 Å². The molecule has 0 unspecified atom stereocenters. The van der Waals surface area contributed by atoms with Gasteiger partial charge >= 0.3 is 0 Å². The molecule has 23 heavy (non-hydrogen) atoms. The van der Waals surface area contributed by atoms with Gasteiger partial charge in [0, 0.05) is 16.1 Å². The molecule has 3 heteroatoms. The molecule has 0 fully saturated rings. The van der Waals surface area contributed by atoms with Crippen LogP contribution >= 0.6 is 15.9 Å². The van der Waals surface area contributed by atoms with Crippen LogP contribution in [0.5, 0.6) is 11.5 Å². The Morgan fingerprint density at radius 2 is 1.43 bits per heavy atom. The monoisotopic (exact) mass is 378 g/mol. The minimum atomic E-state index is 0.518. The molecule has 2 rings (SSSR count). The molecule has 0 N–H and O–H groups in total. The molecule has 0 spiro atoms. The van der Waals surface area contributed by atoms with Crippen LogP contribution in [0.4, 0.5) is 0 Å². The van der Waals surface area contributed by atoms with E-state index < -0.39 is 0 Å². The minimum Gasteiger partial charge on any atom is -0.493 e. The lowest BCUT2D eigenvalue weighted by Gasteiger charge is -2.14. The van der Waals surface area contributed by atoms with Gasteiger partial charge in [-0.2, -0.15) is 0 Å². The zero-order valence-corrected chi connectivity index (χ0v) is 15.8. The normalized spacial score (nSPS) is 11.1. The van der Waals surface area contributed by atoms with Crippen LogP contribution in [0.25, 0.3) is 10.8 Å². The van der Waals surface area contributed by atoms with Gasteiger partial charge in [-0.3, -0.25) is 0 Å². The Morgan fingerprint density at radius 3 is 2.04 bits per heavy atom. The van der Waals surface area contributed by atoms with Crippen molar-refractivity contribution < 1.29 is 9.47 Å². The van der Waals surface area contributed by atoms with E-state index in [1.807, 2.05) is 12.1 Å². The molecule has 0 saturated heterocycles. The number of alkyl halides is 1. The van der Waals surface area contributed by atoms with Gasteiger partial charge in [-0.05, 0) is 30.9 Å². The fourth-order valence-corrected chi connectivity index (χ4v) is 2.88. The van der Waals surface area contributed by atoms with Crippen molar-refractivity contribution in [2.24, 2.45) is 5.92 Å². The molecule has 0 saturated carbocycles. The molecule has 0 bridgehead atoms. The summed E-state index contributed by atoms with van der Waals surface area (Å²) in [5.41, 5.74) is 0. The SMILES string of the molecule is CC(C)COc1ccc(OCCCCCCBr)c2ccccc12. The van der Waals surface area contributed by atoms with E-state index in [2.05, 4.69) is 54.0 Å². The topological polar surface area (TPSA) is 18.5 Å². The third kappa shape index (κ3) is 5.72. The lowest BCUT2D eigenvalue weighted by molar-refractivity contribution is 0.273.